The number of hydrogen-bond donors (Lipinski definition) is 4. The van der Waals surface area contributed by atoms with E-state index in [0.717, 1.165) is 0 Å². The maximum Gasteiger partial charge on any atom is 0.321 e. The van der Waals surface area contributed by atoms with Crippen LogP contribution in [-0.4, -0.2) is 44.3 Å². The van der Waals surface area contributed by atoms with Gasteiger partial charge in [0.15, 0.2) is 5.41 Å². The van der Waals surface area contributed by atoms with E-state index in [1.807, 2.05) is 0 Å². The fourth-order valence-corrected chi connectivity index (χ4v) is 2.08. The molecule has 2 atom stereocenters. The Kier molecular flexibility index (Phi) is 3.08. The van der Waals surface area contributed by atoms with Gasteiger partial charge in [-0.25, -0.2) is 0 Å². The predicted molar refractivity (Wildman–Crippen MR) is 49.2 cm³/mol. The molecule has 0 spiro atoms. The third-order valence-electron chi connectivity index (χ3n) is 3.08. The third-order valence-corrected chi connectivity index (χ3v) is 3.08. The van der Waals surface area contributed by atoms with Gasteiger partial charge >= 0.3 is 23.9 Å². The Hall–Kier alpha value is -2.12. The Balaban J connectivity index is 3.17. The van der Waals surface area contributed by atoms with Crippen LogP contribution in [0.1, 0.15) is 12.8 Å². The molecule has 0 aromatic rings. The first kappa shape index (κ1) is 12.9. The van der Waals surface area contributed by atoms with Crippen LogP contribution in [0, 0.1) is 17.3 Å². The van der Waals surface area contributed by atoms with Crippen molar-refractivity contribution in [3.05, 3.63) is 0 Å². The third kappa shape index (κ3) is 1.93. The normalized spacial score (nSPS) is 26.4. The van der Waals surface area contributed by atoms with E-state index < -0.39 is 54.0 Å². The first-order chi connectivity index (χ1) is 7.72. The second-order valence-electron chi connectivity index (χ2n) is 3.99. The molecule has 1 aliphatic rings. The Morgan fingerprint density at radius 3 is 1.24 bits per heavy atom. The molecule has 17 heavy (non-hydrogen) atoms. The Labute approximate surface area is 94.5 Å². The zero-order valence-electron chi connectivity index (χ0n) is 8.49. The minimum atomic E-state index is -2.33. The molecule has 0 heterocycles. The summed E-state index contributed by atoms with van der Waals surface area (Å²) in [5, 5.41) is 35.3. The molecule has 0 saturated heterocycles. The molecule has 1 aliphatic carbocycles. The molecule has 8 nitrogen and oxygen atoms in total. The molecule has 1 fully saturated rings. The summed E-state index contributed by atoms with van der Waals surface area (Å²) in [5.74, 6) is -9.41. The fourth-order valence-electron chi connectivity index (χ4n) is 2.08. The van der Waals surface area contributed by atoms with Crippen LogP contribution < -0.4 is 0 Å². The van der Waals surface area contributed by atoms with Crippen LogP contribution in [0.2, 0.25) is 0 Å². The number of rotatable bonds is 4. The van der Waals surface area contributed by atoms with Crippen molar-refractivity contribution in [1.82, 2.24) is 0 Å². The standard InChI is InChI=1S/C9H10O8/c10-5(11)3-1-9(7(14)15,8(16)17)2-4(3)6(12)13/h3-4H,1-2H2,(H,10,11)(H,12,13)(H,14,15)(H,16,17)/t3-,4+. The van der Waals surface area contributed by atoms with E-state index in [1.165, 1.54) is 0 Å². The lowest BCUT2D eigenvalue weighted by Gasteiger charge is -2.17. The summed E-state index contributed by atoms with van der Waals surface area (Å²) < 4.78 is 0. The fraction of sp³-hybridized carbons (Fsp3) is 0.556. The lowest BCUT2D eigenvalue weighted by molar-refractivity contribution is -0.164. The van der Waals surface area contributed by atoms with Crippen molar-refractivity contribution in [3.8, 4) is 0 Å². The summed E-state index contributed by atoms with van der Waals surface area (Å²) in [7, 11) is 0. The summed E-state index contributed by atoms with van der Waals surface area (Å²) in [4.78, 5) is 43.5. The largest absolute Gasteiger partial charge is 0.481 e. The summed E-state index contributed by atoms with van der Waals surface area (Å²) in [6, 6.07) is 0. The van der Waals surface area contributed by atoms with E-state index in [4.69, 9.17) is 20.4 Å². The van der Waals surface area contributed by atoms with E-state index in [-0.39, 0.29) is 0 Å². The molecule has 8 heteroatoms. The van der Waals surface area contributed by atoms with Gasteiger partial charge in [0.2, 0.25) is 0 Å². The van der Waals surface area contributed by atoms with Crippen molar-refractivity contribution in [1.29, 1.82) is 0 Å². The molecule has 94 valence electrons. The summed E-state index contributed by atoms with van der Waals surface area (Å²) in [6.45, 7) is 0. The van der Waals surface area contributed by atoms with Crippen molar-refractivity contribution < 1.29 is 39.6 Å². The number of aliphatic carboxylic acids is 4. The molecule has 0 unspecified atom stereocenters. The van der Waals surface area contributed by atoms with Gasteiger partial charge < -0.3 is 20.4 Å². The molecular weight excluding hydrogens is 236 g/mol. The maximum absolute atomic E-state index is 10.9. The first-order valence-corrected chi connectivity index (χ1v) is 4.65. The molecule has 0 aliphatic heterocycles. The predicted octanol–water partition coefficient (Wildman–Crippen LogP) is -0.663. The van der Waals surface area contributed by atoms with E-state index in [9.17, 15) is 19.2 Å². The van der Waals surface area contributed by atoms with Crippen molar-refractivity contribution >= 4 is 23.9 Å². The van der Waals surface area contributed by atoms with Gasteiger partial charge in [0.25, 0.3) is 0 Å². The zero-order chi connectivity index (χ0) is 13.4. The highest BCUT2D eigenvalue weighted by Gasteiger charge is 2.60. The van der Waals surface area contributed by atoms with Gasteiger partial charge in [0, 0.05) is 0 Å². The van der Waals surface area contributed by atoms with Crippen molar-refractivity contribution in [2.75, 3.05) is 0 Å². The highest BCUT2D eigenvalue weighted by Crippen LogP contribution is 2.46. The van der Waals surface area contributed by atoms with Crippen molar-refractivity contribution in [2.24, 2.45) is 17.3 Å². The smallest absolute Gasteiger partial charge is 0.321 e. The van der Waals surface area contributed by atoms with Gasteiger partial charge in [0.1, 0.15) is 0 Å². The minimum absolute atomic E-state index is 0.718. The van der Waals surface area contributed by atoms with Crippen molar-refractivity contribution in [2.45, 2.75) is 12.8 Å². The van der Waals surface area contributed by atoms with Crippen LogP contribution in [-0.2, 0) is 19.2 Å². The van der Waals surface area contributed by atoms with Crippen LogP contribution in [0.5, 0.6) is 0 Å². The highest BCUT2D eigenvalue weighted by molar-refractivity contribution is 6.00. The molecule has 1 saturated carbocycles. The van der Waals surface area contributed by atoms with Crippen LogP contribution in [0.4, 0.5) is 0 Å². The molecule has 1 rings (SSSR count). The minimum Gasteiger partial charge on any atom is -0.481 e. The Morgan fingerprint density at radius 1 is 0.765 bits per heavy atom. The number of carbonyl (C=O) groups is 4. The molecule has 0 amide bonds. The van der Waals surface area contributed by atoms with Gasteiger partial charge in [-0.1, -0.05) is 0 Å². The maximum atomic E-state index is 10.9. The number of carboxylic acid groups (broad SMARTS) is 4. The average molecular weight is 246 g/mol. The molecule has 0 bridgehead atoms. The Bertz CT molecular complexity index is 360. The molecule has 4 N–H and O–H groups in total. The zero-order valence-corrected chi connectivity index (χ0v) is 8.49. The topological polar surface area (TPSA) is 149 Å². The van der Waals surface area contributed by atoms with E-state index in [2.05, 4.69) is 0 Å². The second-order valence-corrected chi connectivity index (χ2v) is 3.99. The van der Waals surface area contributed by atoms with Gasteiger partial charge in [-0.2, -0.15) is 0 Å². The van der Waals surface area contributed by atoms with E-state index in [1.54, 1.807) is 0 Å². The van der Waals surface area contributed by atoms with E-state index in [0.29, 0.717) is 0 Å². The van der Waals surface area contributed by atoms with Crippen LogP contribution in [0.15, 0.2) is 0 Å². The van der Waals surface area contributed by atoms with Crippen LogP contribution in [0.3, 0.4) is 0 Å². The van der Waals surface area contributed by atoms with Gasteiger partial charge in [-0.05, 0) is 12.8 Å². The monoisotopic (exact) mass is 246 g/mol. The second kappa shape index (κ2) is 4.04. The van der Waals surface area contributed by atoms with Gasteiger partial charge in [-0.15, -0.1) is 0 Å². The quantitative estimate of drug-likeness (QED) is 0.477. The lowest BCUT2D eigenvalue weighted by Crippen LogP contribution is -2.37. The molecule has 0 radical (unpaired) electrons. The highest BCUT2D eigenvalue weighted by atomic mass is 16.4. The van der Waals surface area contributed by atoms with Gasteiger partial charge in [-0.3, -0.25) is 19.2 Å². The summed E-state index contributed by atoms with van der Waals surface area (Å²) in [6.07, 6.45) is -1.44. The molecule has 0 aromatic carbocycles. The summed E-state index contributed by atoms with van der Waals surface area (Å²) >= 11 is 0. The molecule has 0 aromatic heterocycles. The average Bonchev–Trinajstić information content (AvgIpc) is 2.58. The van der Waals surface area contributed by atoms with E-state index >= 15 is 0 Å². The summed E-state index contributed by atoms with van der Waals surface area (Å²) in [5.41, 5.74) is -2.33. The number of hydrogen-bond acceptors (Lipinski definition) is 4. The Morgan fingerprint density at radius 2 is 1.06 bits per heavy atom. The number of carboxylic acids is 4. The van der Waals surface area contributed by atoms with Crippen LogP contribution in [0.25, 0.3) is 0 Å². The first-order valence-electron chi connectivity index (χ1n) is 4.65. The van der Waals surface area contributed by atoms with Gasteiger partial charge in [0.05, 0.1) is 11.8 Å². The van der Waals surface area contributed by atoms with Crippen molar-refractivity contribution in [3.63, 3.8) is 0 Å². The SMILES string of the molecule is O=C(O)[C@H]1CC(C(=O)O)(C(=O)O)C[C@H]1C(=O)O. The lowest BCUT2D eigenvalue weighted by atomic mass is 9.85. The van der Waals surface area contributed by atoms with Crippen LogP contribution >= 0.6 is 0 Å². The molecular formula is C9H10O8.